The van der Waals surface area contributed by atoms with Crippen LogP contribution in [-0.4, -0.2) is 10.7 Å². The molecule has 0 spiro atoms. The minimum absolute atomic E-state index is 0.323. The Morgan fingerprint density at radius 1 is 1.44 bits per heavy atom. The topological polar surface area (TPSA) is 17.1 Å². The zero-order valence-corrected chi connectivity index (χ0v) is 5.95. The van der Waals surface area contributed by atoms with E-state index in [-0.39, 0.29) is 0 Å². The third-order valence-electron chi connectivity index (χ3n) is 2.59. The highest BCUT2D eigenvalue weighted by molar-refractivity contribution is 6.37. The van der Waals surface area contributed by atoms with E-state index in [4.69, 9.17) is 11.6 Å². The Balaban J connectivity index is 2.36. The van der Waals surface area contributed by atoms with E-state index in [9.17, 15) is 4.79 Å². The van der Waals surface area contributed by atoms with Crippen molar-refractivity contribution in [1.29, 1.82) is 0 Å². The Bertz CT molecular complexity index is 156. The van der Waals surface area contributed by atoms with Crippen LogP contribution in [0.3, 0.4) is 0 Å². The average molecular weight is 145 g/mol. The second-order valence-corrected chi connectivity index (χ2v) is 3.83. The lowest BCUT2D eigenvalue weighted by Gasteiger charge is -2.13. The highest BCUT2D eigenvalue weighted by atomic mass is 35.5. The van der Waals surface area contributed by atoms with E-state index in [0.29, 0.717) is 11.7 Å². The van der Waals surface area contributed by atoms with Gasteiger partial charge in [-0.25, -0.2) is 0 Å². The lowest BCUT2D eigenvalue weighted by atomic mass is 10.0. The lowest BCUT2D eigenvalue weighted by Crippen LogP contribution is -2.21. The lowest BCUT2D eigenvalue weighted by molar-refractivity contribution is -0.120. The molecule has 2 saturated carbocycles. The van der Waals surface area contributed by atoms with Gasteiger partial charge in [0.1, 0.15) is 4.87 Å². The predicted octanol–water partition coefficient (Wildman–Crippen LogP) is 1.74. The first-order chi connectivity index (χ1) is 4.22. The van der Waals surface area contributed by atoms with E-state index in [1.54, 1.807) is 0 Å². The monoisotopic (exact) mass is 144 g/mol. The molecule has 0 aromatic rings. The largest absolute Gasteiger partial charge is 0.297 e. The number of hydrogen-bond acceptors (Lipinski definition) is 1. The molecule has 2 rings (SSSR count). The number of carbonyl (C=O) groups is 1. The molecule has 0 saturated heterocycles. The summed E-state index contributed by atoms with van der Waals surface area (Å²) in [5.41, 5.74) is 0. The summed E-state index contributed by atoms with van der Waals surface area (Å²) in [6.45, 7) is 0. The zero-order valence-electron chi connectivity index (χ0n) is 5.19. The number of Topliss-reactive ketones (excluding diaryl/α,β-unsaturated/α-hetero) is 1. The molecule has 0 aromatic carbocycles. The van der Waals surface area contributed by atoms with Crippen molar-refractivity contribution in [2.24, 2.45) is 5.92 Å². The minimum Gasteiger partial charge on any atom is -0.297 e. The van der Waals surface area contributed by atoms with Crippen LogP contribution < -0.4 is 0 Å². The van der Waals surface area contributed by atoms with Crippen molar-refractivity contribution in [2.45, 2.75) is 30.6 Å². The van der Waals surface area contributed by atoms with Gasteiger partial charge in [0, 0.05) is 5.92 Å². The molecule has 50 valence electrons. The molecule has 0 amide bonds. The average Bonchev–Trinajstić information content (AvgIpc) is 2.24. The molecule has 0 N–H and O–H groups in total. The van der Waals surface area contributed by atoms with E-state index in [0.717, 1.165) is 25.7 Å². The standard InChI is InChI=1S/C7H9ClO/c8-7-3-1-5(2-4-7)6(7)9/h5H,1-4H2. The summed E-state index contributed by atoms with van der Waals surface area (Å²) in [6.07, 6.45) is 3.95. The maximum absolute atomic E-state index is 11.2. The van der Waals surface area contributed by atoms with Crippen molar-refractivity contribution >= 4 is 17.4 Å². The van der Waals surface area contributed by atoms with Crippen molar-refractivity contribution in [1.82, 2.24) is 0 Å². The van der Waals surface area contributed by atoms with Crippen LogP contribution in [0.5, 0.6) is 0 Å². The van der Waals surface area contributed by atoms with Crippen LogP contribution in [-0.2, 0) is 4.79 Å². The third-order valence-corrected chi connectivity index (χ3v) is 3.15. The summed E-state index contributed by atoms with van der Waals surface area (Å²) in [7, 11) is 0. The molecule has 0 heterocycles. The number of rotatable bonds is 0. The molecule has 0 aliphatic heterocycles. The Labute approximate surface area is 59.4 Å². The molecule has 2 heteroatoms. The molecule has 0 atom stereocenters. The van der Waals surface area contributed by atoms with Crippen LogP contribution >= 0.6 is 11.6 Å². The number of halogens is 1. The normalized spacial score (nSPS) is 48.6. The first kappa shape index (κ1) is 5.72. The van der Waals surface area contributed by atoms with Crippen molar-refractivity contribution in [3.63, 3.8) is 0 Å². The Hall–Kier alpha value is -0.0400. The zero-order chi connectivity index (χ0) is 6.48. The van der Waals surface area contributed by atoms with Gasteiger partial charge in [0.25, 0.3) is 0 Å². The van der Waals surface area contributed by atoms with Gasteiger partial charge in [-0.2, -0.15) is 0 Å². The second-order valence-electron chi connectivity index (χ2n) is 3.10. The van der Waals surface area contributed by atoms with Crippen LogP contribution in [0.15, 0.2) is 0 Å². The van der Waals surface area contributed by atoms with Gasteiger partial charge in [-0.1, -0.05) is 0 Å². The van der Waals surface area contributed by atoms with Crippen molar-refractivity contribution < 1.29 is 4.79 Å². The van der Waals surface area contributed by atoms with Gasteiger partial charge in [0.05, 0.1) is 0 Å². The van der Waals surface area contributed by atoms with E-state index in [1.165, 1.54) is 0 Å². The highest BCUT2D eigenvalue weighted by Gasteiger charge is 2.51. The fourth-order valence-electron chi connectivity index (χ4n) is 1.95. The summed E-state index contributed by atoms with van der Waals surface area (Å²) in [5, 5.41) is 0. The smallest absolute Gasteiger partial charge is 0.156 e. The summed E-state index contributed by atoms with van der Waals surface area (Å²) >= 11 is 6.00. The van der Waals surface area contributed by atoms with E-state index >= 15 is 0 Å². The van der Waals surface area contributed by atoms with Crippen molar-refractivity contribution in [2.75, 3.05) is 0 Å². The molecular formula is C7H9ClO. The van der Waals surface area contributed by atoms with Gasteiger partial charge in [0.2, 0.25) is 0 Å². The van der Waals surface area contributed by atoms with E-state index in [2.05, 4.69) is 0 Å². The molecule has 2 aliphatic carbocycles. The first-order valence-electron chi connectivity index (χ1n) is 3.46. The van der Waals surface area contributed by atoms with Gasteiger partial charge in [-0.05, 0) is 25.7 Å². The fourth-order valence-corrected chi connectivity index (χ4v) is 2.32. The summed E-state index contributed by atoms with van der Waals surface area (Å²) < 4.78 is 0. The molecule has 2 fully saturated rings. The highest BCUT2D eigenvalue weighted by Crippen LogP contribution is 2.48. The summed E-state index contributed by atoms with van der Waals surface area (Å²) in [4.78, 5) is 10.8. The number of hydrogen-bond donors (Lipinski definition) is 0. The minimum atomic E-state index is -0.398. The molecule has 0 radical (unpaired) electrons. The van der Waals surface area contributed by atoms with Crippen molar-refractivity contribution in [3.05, 3.63) is 0 Å². The molecule has 9 heavy (non-hydrogen) atoms. The number of ketones is 1. The van der Waals surface area contributed by atoms with Crippen LogP contribution in [0.2, 0.25) is 0 Å². The third kappa shape index (κ3) is 0.586. The molecule has 2 aliphatic rings. The van der Waals surface area contributed by atoms with Crippen LogP contribution in [0.4, 0.5) is 0 Å². The number of carbonyl (C=O) groups excluding carboxylic acids is 1. The molecule has 2 bridgehead atoms. The van der Waals surface area contributed by atoms with E-state index < -0.39 is 4.87 Å². The van der Waals surface area contributed by atoms with E-state index in [1.807, 2.05) is 0 Å². The Morgan fingerprint density at radius 2 is 2.00 bits per heavy atom. The molecular weight excluding hydrogens is 136 g/mol. The van der Waals surface area contributed by atoms with Gasteiger partial charge < -0.3 is 0 Å². The second kappa shape index (κ2) is 1.51. The number of fused-ring (bicyclic) bond motifs is 2. The molecule has 0 aromatic heterocycles. The SMILES string of the molecule is O=C1C2CCC1(Cl)CC2. The Morgan fingerprint density at radius 3 is 2.11 bits per heavy atom. The molecule has 0 unspecified atom stereocenters. The number of alkyl halides is 1. The van der Waals surface area contributed by atoms with Gasteiger partial charge in [0.15, 0.2) is 5.78 Å². The molecule has 1 nitrogen and oxygen atoms in total. The van der Waals surface area contributed by atoms with Gasteiger partial charge >= 0.3 is 0 Å². The Kier molecular flexibility index (Phi) is 0.963. The van der Waals surface area contributed by atoms with Crippen LogP contribution in [0.1, 0.15) is 25.7 Å². The van der Waals surface area contributed by atoms with Crippen LogP contribution in [0.25, 0.3) is 0 Å². The summed E-state index contributed by atoms with van der Waals surface area (Å²) in [5.74, 6) is 0.659. The maximum atomic E-state index is 11.2. The first-order valence-corrected chi connectivity index (χ1v) is 3.83. The van der Waals surface area contributed by atoms with Gasteiger partial charge in [-0.15, -0.1) is 11.6 Å². The van der Waals surface area contributed by atoms with Gasteiger partial charge in [-0.3, -0.25) is 4.79 Å². The predicted molar refractivity (Wildman–Crippen MR) is 35.5 cm³/mol. The van der Waals surface area contributed by atoms with Crippen LogP contribution in [0, 0.1) is 5.92 Å². The maximum Gasteiger partial charge on any atom is 0.156 e. The fraction of sp³-hybridized carbons (Fsp3) is 0.857. The summed E-state index contributed by atoms with van der Waals surface area (Å²) in [6, 6.07) is 0. The van der Waals surface area contributed by atoms with Crippen molar-refractivity contribution in [3.8, 4) is 0 Å². The quantitative estimate of drug-likeness (QED) is 0.474.